The molecular weight excluding hydrogens is 541 g/mol. The Bertz CT molecular complexity index is 1560. The summed E-state index contributed by atoms with van der Waals surface area (Å²) >= 11 is 8.28. The lowest BCUT2D eigenvalue weighted by Gasteiger charge is -2.30. The lowest BCUT2D eigenvalue weighted by atomic mass is 10.2. The predicted molar refractivity (Wildman–Crippen MR) is 154 cm³/mol. The van der Waals surface area contributed by atoms with Crippen molar-refractivity contribution < 1.29 is 14.3 Å². The second kappa shape index (κ2) is 11.8. The highest BCUT2D eigenvalue weighted by Gasteiger charge is 2.28. The molecule has 5 rings (SSSR count). The fourth-order valence-corrected chi connectivity index (χ4v) is 6.77. The summed E-state index contributed by atoms with van der Waals surface area (Å²) in [6.07, 6.45) is 0.590. The van der Waals surface area contributed by atoms with Gasteiger partial charge in [-0.15, -0.1) is 0 Å². The lowest BCUT2D eigenvalue weighted by Crippen LogP contribution is -2.44. The van der Waals surface area contributed by atoms with Crippen molar-refractivity contribution in [2.75, 3.05) is 32.9 Å². The zero-order valence-electron chi connectivity index (χ0n) is 21.2. The van der Waals surface area contributed by atoms with Gasteiger partial charge >= 0.3 is 0 Å². The molecule has 198 valence electrons. The van der Waals surface area contributed by atoms with Crippen molar-refractivity contribution in [3.63, 3.8) is 0 Å². The van der Waals surface area contributed by atoms with Gasteiger partial charge in [0, 0.05) is 13.1 Å². The molecule has 11 heteroatoms. The van der Waals surface area contributed by atoms with E-state index in [1.807, 2.05) is 73.3 Å². The summed E-state index contributed by atoms with van der Waals surface area (Å²) in [6, 6.07) is 17.0. The smallest absolute Gasteiger partial charge is 0.278 e. The molecule has 0 spiro atoms. The van der Waals surface area contributed by atoms with Crippen molar-refractivity contribution in [2.45, 2.75) is 30.7 Å². The van der Waals surface area contributed by atoms with Crippen molar-refractivity contribution >= 4 is 51.6 Å². The molecule has 1 aliphatic rings. The summed E-state index contributed by atoms with van der Waals surface area (Å²) in [4.78, 5) is 34.3. The molecule has 1 aliphatic heterocycles. The first-order valence-corrected chi connectivity index (χ1v) is 14.6. The van der Waals surface area contributed by atoms with Crippen LogP contribution in [0.3, 0.4) is 0 Å². The number of thiazole rings is 1. The van der Waals surface area contributed by atoms with Gasteiger partial charge in [-0.05, 0) is 49.8 Å². The average Bonchev–Trinajstić information content (AvgIpc) is 3.28. The van der Waals surface area contributed by atoms with E-state index in [4.69, 9.17) is 26.7 Å². The first kappa shape index (κ1) is 26.6. The van der Waals surface area contributed by atoms with Gasteiger partial charge in [0.2, 0.25) is 5.91 Å². The number of aromatic nitrogens is 3. The topological polar surface area (TPSA) is 78.6 Å². The Morgan fingerprint density at radius 2 is 1.82 bits per heavy atom. The minimum absolute atomic E-state index is 0.0265. The Morgan fingerprint density at radius 1 is 1.11 bits per heavy atom. The molecule has 2 aromatic carbocycles. The molecule has 0 radical (unpaired) electrons. The van der Waals surface area contributed by atoms with Gasteiger partial charge in [0.05, 0.1) is 36.4 Å². The van der Waals surface area contributed by atoms with Crippen molar-refractivity contribution in [3.05, 3.63) is 68.9 Å². The van der Waals surface area contributed by atoms with Crippen LogP contribution in [0.5, 0.6) is 5.75 Å². The molecule has 1 fully saturated rings. The number of amides is 1. The maximum absolute atomic E-state index is 14.0. The highest BCUT2D eigenvalue weighted by Crippen LogP contribution is 2.33. The molecule has 1 saturated heterocycles. The molecule has 0 N–H and O–H groups in total. The van der Waals surface area contributed by atoms with E-state index >= 15 is 0 Å². The number of benzene rings is 2. The van der Waals surface area contributed by atoms with Crippen LogP contribution in [0.1, 0.15) is 20.3 Å². The third kappa shape index (κ3) is 5.15. The number of hydrogen-bond donors (Lipinski definition) is 0. The predicted octanol–water partition coefficient (Wildman–Crippen LogP) is 5.10. The van der Waals surface area contributed by atoms with E-state index in [1.54, 1.807) is 9.13 Å². The van der Waals surface area contributed by atoms with Crippen LogP contribution in [0.2, 0.25) is 0 Å². The number of thioether (sulfide) groups is 1. The second-order valence-electron chi connectivity index (χ2n) is 8.58. The van der Waals surface area contributed by atoms with Gasteiger partial charge in [-0.1, -0.05) is 60.4 Å². The van der Waals surface area contributed by atoms with Crippen molar-refractivity contribution in [3.8, 4) is 17.1 Å². The number of carbonyl (C=O) groups is 1. The largest absolute Gasteiger partial charge is 0.492 e. The van der Waals surface area contributed by atoms with Gasteiger partial charge in [0.1, 0.15) is 10.4 Å². The summed E-state index contributed by atoms with van der Waals surface area (Å²) < 4.78 is 15.6. The SMILES string of the molecule is CCOc1ccccc1-n1c(=S)sc2c(=O)n(-c3ccccc3)c(SC(CC)C(=O)N3CCOCC3)nc21. The first-order valence-electron chi connectivity index (χ1n) is 12.5. The van der Waals surface area contributed by atoms with Crippen LogP contribution in [0, 0.1) is 3.95 Å². The summed E-state index contributed by atoms with van der Waals surface area (Å²) in [5.41, 5.74) is 1.65. The van der Waals surface area contributed by atoms with Gasteiger partial charge in [-0.25, -0.2) is 4.98 Å². The van der Waals surface area contributed by atoms with Crippen LogP contribution in [-0.2, 0) is 9.53 Å². The summed E-state index contributed by atoms with van der Waals surface area (Å²) in [6.45, 7) is 6.57. The minimum atomic E-state index is -0.404. The van der Waals surface area contributed by atoms with E-state index in [1.165, 1.54) is 23.1 Å². The van der Waals surface area contributed by atoms with E-state index in [0.717, 1.165) is 5.69 Å². The number of fused-ring (bicyclic) bond motifs is 1. The van der Waals surface area contributed by atoms with Crippen LogP contribution in [0.15, 0.2) is 64.5 Å². The van der Waals surface area contributed by atoms with E-state index in [-0.39, 0.29) is 11.5 Å². The highest BCUT2D eigenvalue weighted by molar-refractivity contribution is 8.00. The van der Waals surface area contributed by atoms with Gasteiger partial charge in [0.15, 0.2) is 14.8 Å². The third-order valence-electron chi connectivity index (χ3n) is 6.21. The number of rotatable bonds is 8. The number of ether oxygens (including phenoxy) is 2. The van der Waals surface area contributed by atoms with E-state index in [9.17, 15) is 9.59 Å². The average molecular weight is 569 g/mol. The molecule has 38 heavy (non-hydrogen) atoms. The van der Waals surface area contributed by atoms with E-state index in [0.29, 0.717) is 70.2 Å². The Kier molecular flexibility index (Phi) is 8.27. The first-order chi connectivity index (χ1) is 18.5. The fourth-order valence-electron chi connectivity index (χ4n) is 4.37. The number of carbonyl (C=O) groups excluding carboxylic acids is 1. The molecule has 4 aromatic rings. The second-order valence-corrected chi connectivity index (χ2v) is 11.4. The Hall–Kier alpha value is -2.99. The molecular formula is C27H28N4O4S3. The quantitative estimate of drug-likeness (QED) is 0.166. The summed E-state index contributed by atoms with van der Waals surface area (Å²) in [7, 11) is 0. The Morgan fingerprint density at radius 3 is 2.53 bits per heavy atom. The van der Waals surface area contributed by atoms with Crippen molar-refractivity contribution in [2.24, 2.45) is 0 Å². The molecule has 3 heterocycles. The van der Waals surface area contributed by atoms with Crippen molar-refractivity contribution in [1.82, 2.24) is 19.0 Å². The van der Waals surface area contributed by atoms with Crippen molar-refractivity contribution in [1.29, 1.82) is 0 Å². The maximum atomic E-state index is 14.0. The molecule has 1 unspecified atom stereocenters. The number of morpholine rings is 1. The Labute approximate surface area is 233 Å². The highest BCUT2D eigenvalue weighted by atomic mass is 32.2. The zero-order chi connectivity index (χ0) is 26.6. The number of hydrogen-bond acceptors (Lipinski definition) is 8. The molecule has 8 nitrogen and oxygen atoms in total. The van der Waals surface area contributed by atoms with Crippen LogP contribution in [-0.4, -0.2) is 63.1 Å². The molecule has 1 atom stereocenters. The molecule has 0 saturated carbocycles. The Balaban J connectivity index is 1.69. The van der Waals surface area contributed by atoms with Crippen LogP contribution in [0.4, 0.5) is 0 Å². The van der Waals surface area contributed by atoms with E-state index < -0.39 is 5.25 Å². The lowest BCUT2D eigenvalue weighted by molar-refractivity contribution is -0.134. The normalized spacial score (nSPS) is 14.5. The molecule has 0 bridgehead atoms. The standard InChI is InChI=1S/C27H28N4O4S3/c1-3-21(24(32)29-14-16-34-17-15-29)37-26-28-23-22(25(33)30(26)18-10-6-5-7-11-18)38-27(36)31(23)19-12-8-9-13-20(19)35-4-2/h5-13,21H,3-4,14-17H2,1-2H3. The molecule has 2 aromatic heterocycles. The zero-order valence-corrected chi connectivity index (χ0v) is 23.6. The van der Waals surface area contributed by atoms with Crippen LogP contribution in [0.25, 0.3) is 21.7 Å². The summed E-state index contributed by atoms with van der Waals surface area (Å²) in [5.74, 6) is 0.682. The minimum Gasteiger partial charge on any atom is -0.492 e. The maximum Gasteiger partial charge on any atom is 0.278 e. The molecule has 1 amide bonds. The monoisotopic (exact) mass is 568 g/mol. The van der Waals surface area contributed by atoms with Gasteiger partial charge in [-0.3, -0.25) is 18.7 Å². The van der Waals surface area contributed by atoms with Gasteiger partial charge in [-0.2, -0.15) is 0 Å². The van der Waals surface area contributed by atoms with Crippen LogP contribution >= 0.6 is 35.3 Å². The van der Waals surface area contributed by atoms with Gasteiger partial charge < -0.3 is 14.4 Å². The van der Waals surface area contributed by atoms with Crippen LogP contribution < -0.4 is 10.3 Å². The summed E-state index contributed by atoms with van der Waals surface area (Å²) in [5, 5.41) is 0.0378. The third-order valence-corrected chi connectivity index (χ3v) is 8.87. The van der Waals surface area contributed by atoms with Gasteiger partial charge in [0.25, 0.3) is 5.56 Å². The molecule has 0 aliphatic carbocycles. The fraction of sp³-hybridized carbons (Fsp3) is 0.333. The van der Waals surface area contributed by atoms with E-state index in [2.05, 4.69) is 0 Å². The number of nitrogens with zero attached hydrogens (tertiary/aromatic N) is 4. The number of para-hydroxylation sites is 3.